The first-order valence-corrected chi connectivity index (χ1v) is 6.78. The zero-order chi connectivity index (χ0) is 12.7. The summed E-state index contributed by atoms with van der Waals surface area (Å²) < 4.78 is 11.9. The second-order valence-corrected chi connectivity index (χ2v) is 4.76. The first-order valence-electron chi connectivity index (χ1n) is 6.78. The highest BCUT2D eigenvalue weighted by molar-refractivity contribution is 5.30. The lowest BCUT2D eigenvalue weighted by Crippen LogP contribution is -2.36. The molecule has 98 valence electrons. The fraction of sp³-hybridized carbons (Fsp3) is 0.733. The van der Waals surface area contributed by atoms with E-state index in [-0.39, 0.29) is 12.2 Å². The zero-order valence-corrected chi connectivity index (χ0v) is 11.7. The Hall–Kier alpha value is -0.600. The summed E-state index contributed by atoms with van der Waals surface area (Å²) in [4.78, 5) is 0. The molecule has 0 aromatic rings. The molecule has 2 heteroatoms. The topological polar surface area (TPSA) is 18.5 Å². The fourth-order valence-electron chi connectivity index (χ4n) is 1.97. The van der Waals surface area contributed by atoms with Crippen LogP contribution in [0.3, 0.4) is 0 Å². The van der Waals surface area contributed by atoms with Crippen LogP contribution in [0.2, 0.25) is 0 Å². The number of hydrogen-bond donors (Lipinski definition) is 0. The van der Waals surface area contributed by atoms with Crippen LogP contribution in [0.4, 0.5) is 0 Å². The number of hydrogen-bond acceptors (Lipinski definition) is 2. The highest BCUT2D eigenvalue weighted by Crippen LogP contribution is 2.25. The van der Waals surface area contributed by atoms with Crippen LogP contribution in [-0.4, -0.2) is 25.4 Å². The van der Waals surface area contributed by atoms with Gasteiger partial charge in [0.25, 0.3) is 0 Å². The van der Waals surface area contributed by atoms with Gasteiger partial charge in [-0.2, -0.15) is 0 Å². The summed E-state index contributed by atoms with van der Waals surface area (Å²) in [7, 11) is 0. The molecule has 2 nitrogen and oxygen atoms in total. The molecule has 0 heterocycles. The molecule has 0 aromatic carbocycles. The Bertz CT molecular complexity index is 279. The third kappa shape index (κ3) is 4.29. The molecule has 0 spiro atoms. The zero-order valence-electron chi connectivity index (χ0n) is 11.7. The smallest absolute Gasteiger partial charge is 0.109 e. The van der Waals surface area contributed by atoms with E-state index in [1.807, 2.05) is 0 Å². The van der Waals surface area contributed by atoms with Crippen molar-refractivity contribution in [3.05, 3.63) is 23.3 Å². The predicted octanol–water partition coefficient (Wildman–Crippen LogP) is 3.87. The molecule has 0 bridgehead atoms. The lowest BCUT2D eigenvalue weighted by Gasteiger charge is -2.31. The summed E-state index contributed by atoms with van der Waals surface area (Å²) >= 11 is 0. The van der Waals surface area contributed by atoms with Crippen molar-refractivity contribution in [2.75, 3.05) is 13.2 Å². The Labute approximate surface area is 106 Å². The van der Waals surface area contributed by atoms with Gasteiger partial charge in [0.05, 0.1) is 0 Å². The Morgan fingerprint density at radius 1 is 0.882 bits per heavy atom. The SMILES string of the molecule is CCCCO[C@H]1C(C)=CC=C(C)[C@H]1OCCC. The van der Waals surface area contributed by atoms with Crippen molar-refractivity contribution in [1.82, 2.24) is 0 Å². The largest absolute Gasteiger partial charge is 0.371 e. The summed E-state index contributed by atoms with van der Waals surface area (Å²) in [6.45, 7) is 10.2. The first kappa shape index (κ1) is 14.5. The van der Waals surface area contributed by atoms with Gasteiger partial charge in [0.15, 0.2) is 0 Å². The monoisotopic (exact) mass is 238 g/mol. The van der Waals surface area contributed by atoms with E-state index in [0.717, 1.165) is 26.1 Å². The summed E-state index contributed by atoms with van der Waals surface area (Å²) in [5.74, 6) is 0. The van der Waals surface area contributed by atoms with Crippen molar-refractivity contribution < 1.29 is 9.47 Å². The van der Waals surface area contributed by atoms with Gasteiger partial charge in [-0.15, -0.1) is 0 Å². The lowest BCUT2D eigenvalue weighted by atomic mass is 9.94. The van der Waals surface area contributed by atoms with E-state index in [1.54, 1.807) is 0 Å². The van der Waals surface area contributed by atoms with Crippen LogP contribution in [-0.2, 0) is 9.47 Å². The molecular formula is C15H26O2. The Kier molecular flexibility index (Phi) is 6.53. The quantitative estimate of drug-likeness (QED) is 0.627. The van der Waals surface area contributed by atoms with E-state index in [9.17, 15) is 0 Å². The number of ether oxygens (including phenoxy) is 2. The van der Waals surface area contributed by atoms with Crippen molar-refractivity contribution in [3.8, 4) is 0 Å². The van der Waals surface area contributed by atoms with Crippen LogP contribution < -0.4 is 0 Å². The summed E-state index contributed by atoms with van der Waals surface area (Å²) in [5, 5.41) is 0. The second-order valence-electron chi connectivity index (χ2n) is 4.76. The van der Waals surface area contributed by atoms with Gasteiger partial charge in [-0.1, -0.05) is 32.4 Å². The van der Waals surface area contributed by atoms with Gasteiger partial charge < -0.3 is 9.47 Å². The molecule has 0 saturated heterocycles. The number of unbranched alkanes of at least 4 members (excludes halogenated alkanes) is 1. The van der Waals surface area contributed by atoms with Gasteiger partial charge >= 0.3 is 0 Å². The van der Waals surface area contributed by atoms with E-state index >= 15 is 0 Å². The van der Waals surface area contributed by atoms with E-state index < -0.39 is 0 Å². The van der Waals surface area contributed by atoms with Gasteiger partial charge in [-0.25, -0.2) is 0 Å². The first-order chi connectivity index (χ1) is 8.20. The predicted molar refractivity (Wildman–Crippen MR) is 72.2 cm³/mol. The van der Waals surface area contributed by atoms with Crippen LogP contribution in [0.25, 0.3) is 0 Å². The third-order valence-electron chi connectivity index (χ3n) is 3.08. The average molecular weight is 238 g/mol. The van der Waals surface area contributed by atoms with Crippen molar-refractivity contribution in [2.24, 2.45) is 0 Å². The highest BCUT2D eigenvalue weighted by Gasteiger charge is 2.27. The maximum atomic E-state index is 5.98. The van der Waals surface area contributed by atoms with E-state index in [0.29, 0.717) is 0 Å². The molecule has 1 aliphatic rings. The van der Waals surface area contributed by atoms with Gasteiger partial charge in [0, 0.05) is 13.2 Å². The molecule has 0 fully saturated rings. The Morgan fingerprint density at radius 3 is 1.88 bits per heavy atom. The Morgan fingerprint density at radius 2 is 1.41 bits per heavy atom. The van der Waals surface area contributed by atoms with Crippen molar-refractivity contribution in [2.45, 2.75) is 59.2 Å². The van der Waals surface area contributed by atoms with E-state index in [1.165, 1.54) is 17.6 Å². The van der Waals surface area contributed by atoms with Crippen LogP contribution in [0.5, 0.6) is 0 Å². The summed E-state index contributed by atoms with van der Waals surface area (Å²) in [6, 6.07) is 0. The highest BCUT2D eigenvalue weighted by atomic mass is 16.5. The third-order valence-corrected chi connectivity index (χ3v) is 3.08. The van der Waals surface area contributed by atoms with Crippen molar-refractivity contribution in [1.29, 1.82) is 0 Å². The maximum absolute atomic E-state index is 5.98. The number of rotatable bonds is 7. The summed E-state index contributed by atoms with van der Waals surface area (Å²) in [6.07, 6.45) is 7.86. The van der Waals surface area contributed by atoms with Gasteiger partial charge in [-0.3, -0.25) is 0 Å². The molecule has 0 N–H and O–H groups in total. The molecule has 1 rings (SSSR count). The van der Waals surface area contributed by atoms with Crippen molar-refractivity contribution >= 4 is 0 Å². The molecular weight excluding hydrogens is 212 g/mol. The molecule has 17 heavy (non-hydrogen) atoms. The van der Waals surface area contributed by atoms with Crippen molar-refractivity contribution in [3.63, 3.8) is 0 Å². The molecule has 0 unspecified atom stereocenters. The van der Waals surface area contributed by atoms with Crippen LogP contribution in [0.15, 0.2) is 23.3 Å². The minimum absolute atomic E-state index is 0.108. The van der Waals surface area contributed by atoms with E-state index in [2.05, 4.69) is 39.8 Å². The van der Waals surface area contributed by atoms with Crippen LogP contribution >= 0.6 is 0 Å². The molecule has 0 radical (unpaired) electrons. The average Bonchev–Trinajstić information content (AvgIpc) is 2.33. The van der Waals surface area contributed by atoms with Crippen LogP contribution in [0.1, 0.15) is 47.0 Å². The van der Waals surface area contributed by atoms with Gasteiger partial charge in [0.1, 0.15) is 12.2 Å². The molecule has 0 amide bonds. The normalized spacial score (nSPS) is 24.5. The standard InChI is InChI=1S/C15H26O2/c1-5-7-11-17-15-13(4)9-8-12(3)14(15)16-10-6-2/h8-9,14-15H,5-7,10-11H2,1-4H3/t14-,15+/m1/s1. The maximum Gasteiger partial charge on any atom is 0.109 e. The number of allylic oxidation sites excluding steroid dienone is 2. The van der Waals surface area contributed by atoms with Crippen LogP contribution in [0, 0.1) is 0 Å². The Balaban J connectivity index is 2.60. The molecule has 0 saturated carbocycles. The van der Waals surface area contributed by atoms with Gasteiger partial charge in [0.2, 0.25) is 0 Å². The minimum Gasteiger partial charge on any atom is -0.371 e. The molecule has 2 atom stereocenters. The fourth-order valence-corrected chi connectivity index (χ4v) is 1.97. The molecule has 1 aliphatic carbocycles. The molecule has 0 aliphatic heterocycles. The molecule has 0 aromatic heterocycles. The van der Waals surface area contributed by atoms with Gasteiger partial charge in [-0.05, 0) is 37.8 Å². The second kappa shape index (κ2) is 7.67. The van der Waals surface area contributed by atoms with E-state index in [4.69, 9.17) is 9.47 Å². The minimum atomic E-state index is 0.108. The lowest BCUT2D eigenvalue weighted by molar-refractivity contribution is -0.0411. The summed E-state index contributed by atoms with van der Waals surface area (Å²) in [5.41, 5.74) is 2.54.